The van der Waals surface area contributed by atoms with Crippen molar-refractivity contribution in [3.05, 3.63) is 27.9 Å². The molecule has 0 saturated heterocycles. The summed E-state index contributed by atoms with van der Waals surface area (Å²) in [6.07, 6.45) is 2.65. The van der Waals surface area contributed by atoms with Gasteiger partial charge < -0.3 is 10.6 Å². The predicted molar refractivity (Wildman–Crippen MR) is 67.3 cm³/mol. The maximum absolute atomic E-state index is 10.9. The number of hydrogen-bond acceptors (Lipinski definition) is 5. The first-order chi connectivity index (χ1) is 8.16. The molecule has 0 saturated carbocycles. The summed E-state index contributed by atoms with van der Waals surface area (Å²) in [6.45, 7) is 6.14. The van der Waals surface area contributed by atoms with E-state index < -0.39 is 4.92 Å². The highest BCUT2D eigenvalue weighted by Gasteiger charge is 2.17. The molecule has 0 fully saturated rings. The minimum Gasteiger partial charge on any atom is -0.363 e. The number of nitrogens with zero attached hydrogens (tertiary/aromatic N) is 2. The standard InChI is InChI=1S/C11H18N4O2/c1-3-5-12-7-8-14-11-10(15(16)17)9(2)4-6-13-11/h4,6,12H,3,5,7-8H2,1-2H3,(H,13,14). The minimum absolute atomic E-state index is 0.0583. The first-order valence-electron chi connectivity index (χ1n) is 5.71. The van der Waals surface area contributed by atoms with Gasteiger partial charge in [-0.15, -0.1) is 0 Å². The highest BCUT2D eigenvalue weighted by Crippen LogP contribution is 2.24. The van der Waals surface area contributed by atoms with Gasteiger partial charge in [0.1, 0.15) is 0 Å². The fraction of sp³-hybridized carbons (Fsp3) is 0.545. The van der Waals surface area contributed by atoms with Gasteiger partial charge in [-0.05, 0) is 26.0 Å². The summed E-state index contributed by atoms with van der Waals surface area (Å²) in [4.78, 5) is 14.5. The molecule has 1 aromatic heterocycles. The lowest BCUT2D eigenvalue weighted by Gasteiger charge is -2.07. The summed E-state index contributed by atoms with van der Waals surface area (Å²) in [5, 5.41) is 17.1. The van der Waals surface area contributed by atoms with E-state index in [9.17, 15) is 10.1 Å². The van der Waals surface area contributed by atoms with E-state index in [4.69, 9.17) is 0 Å². The predicted octanol–water partition coefficient (Wildman–Crippen LogP) is 1.71. The molecule has 0 aliphatic rings. The van der Waals surface area contributed by atoms with E-state index in [2.05, 4.69) is 22.5 Å². The molecule has 1 aromatic rings. The quantitative estimate of drug-likeness (QED) is 0.429. The van der Waals surface area contributed by atoms with Crippen LogP contribution in [-0.2, 0) is 0 Å². The number of hydrogen-bond donors (Lipinski definition) is 2. The van der Waals surface area contributed by atoms with Gasteiger partial charge in [0.05, 0.1) is 4.92 Å². The van der Waals surface area contributed by atoms with Gasteiger partial charge in [-0.25, -0.2) is 4.98 Å². The Bertz CT molecular complexity index is 382. The number of aromatic nitrogens is 1. The Balaban J connectivity index is 2.58. The van der Waals surface area contributed by atoms with E-state index in [1.807, 2.05) is 0 Å². The van der Waals surface area contributed by atoms with Crippen LogP contribution in [0.15, 0.2) is 12.3 Å². The molecule has 0 aliphatic carbocycles. The van der Waals surface area contributed by atoms with Crippen LogP contribution < -0.4 is 10.6 Å². The SMILES string of the molecule is CCCNCCNc1nccc(C)c1[N+](=O)[O-]. The summed E-state index contributed by atoms with van der Waals surface area (Å²) in [6, 6.07) is 1.64. The summed E-state index contributed by atoms with van der Waals surface area (Å²) >= 11 is 0. The Kier molecular flexibility index (Phi) is 5.35. The fourth-order valence-electron chi connectivity index (χ4n) is 1.48. The van der Waals surface area contributed by atoms with E-state index in [1.165, 1.54) is 0 Å². The molecular weight excluding hydrogens is 220 g/mol. The lowest BCUT2D eigenvalue weighted by atomic mass is 10.2. The van der Waals surface area contributed by atoms with Gasteiger partial charge in [-0.1, -0.05) is 6.92 Å². The van der Waals surface area contributed by atoms with Crippen molar-refractivity contribution in [2.24, 2.45) is 0 Å². The van der Waals surface area contributed by atoms with Crippen LogP contribution in [0.5, 0.6) is 0 Å². The molecule has 0 amide bonds. The van der Waals surface area contributed by atoms with Crippen molar-refractivity contribution in [1.29, 1.82) is 0 Å². The van der Waals surface area contributed by atoms with Crippen molar-refractivity contribution < 1.29 is 4.92 Å². The number of nitrogens with one attached hydrogen (secondary N) is 2. The van der Waals surface area contributed by atoms with E-state index in [0.717, 1.165) is 19.5 Å². The summed E-state index contributed by atoms with van der Waals surface area (Å²) in [7, 11) is 0. The molecule has 0 aromatic carbocycles. The van der Waals surface area contributed by atoms with Crippen molar-refractivity contribution in [1.82, 2.24) is 10.3 Å². The first-order valence-corrected chi connectivity index (χ1v) is 5.71. The maximum atomic E-state index is 10.9. The highest BCUT2D eigenvalue weighted by atomic mass is 16.6. The second-order valence-corrected chi connectivity index (χ2v) is 3.76. The molecule has 0 unspecified atom stereocenters. The van der Waals surface area contributed by atoms with Gasteiger partial charge in [0.2, 0.25) is 5.82 Å². The third-order valence-corrected chi connectivity index (χ3v) is 2.33. The summed E-state index contributed by atoms with van der Waals surface area (Å²) in [5.41, 5.74) is 0.678. The lowest BCUT2D eigenvalue weighted by molar-refractivity contribution is -0.384. The fourth-order valence-corrected chi connectivity index (χ4v) is 1.48. The smallest absolute Gasteiger partial charge is 0.314 e. The third kappa shape index (κ3) is 3.99. The van der Waals surface area contributed by atoms with Gasteiger partial charge in [0.15, 0.2) is 0 Å². The molecule has 6 heteroatoms. The number of pyridine rings is 1. The van der Waals surface area contributed by atoms with Gasteiger partial charge in [0.25, 0.3) is 0 Å². The zero-order valence-corrected chi connectivity index (χ0v) is 10.2. The summed E-state index contributed by atoms with van der Waals surface area (Å²) < 4.78 is 0. The van der Waals surface area contributed by atoms with Crippen LogP contribution in [0, 0.1) is 17.0 Å². The zero-order valence-electron chi connectivity index (χ0n) is 10.2. The molecule has 1 rings (SSSR count). The Morgan fingerprint density at radius 1 is 1.41 bits per heavy atom. The Morgan fingerprint density at radius 3 is 2.82 bits per heavy atom. The maximum Gasteiger partial charge on any atom is 0.314 e. The van der Waals surface area contributed by atoms with E-state index in [-0.39, 0.29) is 5.69 Å². The second kappa shape index (κ2) is 6.80. The molecule has 0 radical (unpaired) electrons. The topological polar surface area (TPSA) is 80.1 Å². The molecule has 17 heavy (non-hydrogen) atoms. The minimum atomic E-state index is -0.399. The monoisotopic (exact) mass is 238 g/mol. The number of nitro groups is 1. The molecule has 0 atom stereocenters. The number of anilines is 1. The highest BCUT2D eigenvalue weighted by molar-refractivity contribution is 5.59. The van der Waals surface area contributed by atoms with Gasteiger partial charge >= 0.3 is 5.69 Å². The molecular formula is C11H18N4O2. The van der Waals surface area contributed by atoms with Crippen molar-refractivity contribution in [2.45, 2.75) is 20.3 Å². The first kappa shape index (κ1) is 13.4. The van der Waals surface area contributed by atoms with Crippen molar-refractivity contribution >= 4 is 11.5 Å². The van der Waals surface area contributed by atoms with Crippen LogP contribution in [0.25, 0.3) is 0 Å². The Morgan fingerprint density at radius 2 is 2.18 bits per heavy atom. The van der Waals surface area contributed by atoms with Crippen molar-refractivity contribution in [3.8, 4) is 0 Å². The molecule has 94 valence electrons. The third-order valence-electron chi connectivity index (χ3n) is 2.33. The normalized spacial score (nSPS) is 10.2. The summed E-state index contributed by atoms with van der Waals surface area (Å²) in [5.74, 6) is 0.341. The van der Waals surface area contributed by atoms with Gasteiger partial charge in [-0.2, -0.15) is 0 Å². The largest absolute Gasteiger partial charge is 0.363 e. The van der Waals surface area contributed by atoms with E-state index in [0.29, 0.717) is 17.9 Å². The molecule has 0 aliphatic heterocycles. The van der Waals surface area contributed by atoms with Crippen LogP contribution in [-0.4, -0.2) is 29.5 Å². The molecule has 6 nitrogen and oxygen atoms in total. The van der Waals surface area contributed by atoms with Crippen LogP contribution >= 0.6 is 0 Å². The molecule has 0 bridgehead atoms. The average Bonchev–Trinajstić information content (AvgIpc) is 2.28. The van der Waals surface area contributed by atoms with E-state index >= 15 is 0 Å². The van der Waals surface area contributed by atoms with Crippen LogP contribution in [0.4, 0.5) is 11.5 Å². The Hall–Kier alpha value is -1.69. The van der Waals surface area contributed by atoms with E-state index in [1.54, 1.807) is 19.2 Å². The molecule has 0 spiro atoms. The number of aryl methyl sites for hydroxylation is 1. The van der Waals surface area contributed by atoms with Crippen LogP contribution in [0.1, 0.15) is 18.9 Å². The number of rotatable bonds is 7. The van der Waals surface area contributed by atoms with Crippen LogP contribution in [0.2, 0.25) is 0 Å². The molecule has 1 heterocycles. The van der Waals surface area contributed by atoms with Gasteiger partial charge in [0, 0.05) is 24.8 Å². The average molecular weight is 238 g/mol. The van der Waals surface area contributed by atoms with Crippen molar-refractivity contribution in [3.63, 3.8) is 0 Å². The zero-order chi connectivity index (χ0) is 12.7. The van der Waals surface area contributed by atoms with Crippen LogP contribution in [0.3, 0.4) is 0 Å². The molecule has 2 N–H and O–H groups in total. The lowest BCUT2D eigenvalue weighted by Crippen LogP contribution is -2.23. The second-order valence-electron chi connectivity index (χ2n) is 3.76. The van der Waals surface area contributed by atoms with Gasteiger partial charge in [-0.3, -0.25) is 10.1 Å². The van der Waals surface area contributed by atoms with Crippen molar-refractivity contribution in [2.75, 3.05) is 25.0 Å². The Labute approximate surface area is 101 Å².